The maximum atomic E-state index is 14.3. The number of nitrogens with one attached hydrogen (secondary N) is 1. The van der Waals surface area contributed by atoms with E-state index in [0.717, 1.165) is 49.9 Å². The van der Waals surface area contributed by atoms with E-state index in [1.807, 2.05) is 52.1 Å². The van der Waals surface area contributed by atoms with Crippen molar-refractivity contribution in [3.63, 3.8) is 0 Å². The molecule has 3 aromatic heterocycles. The summed E-state index contributed by atoms with van der Waals surface area (Å²) in [6, 6.07) is 9.90. The third kappa shape index (κ3) is 4.94. The summed E-state index contributed by atoms with van der Waals surface area (Å²) in [5.74, 6) is 1.27. The molecule has 1 fully saturated rings. The number of hydrogen-bond acceptors (Lipinski definition) is 8. The molecule has 1 amide bonds. The Bertz CT molecular complexity index is 2070. The molecule has 238 valence electrons. The number of benzene rings is 2. The molecule has 11 heteroatoms. The molecule has 46 heavy (non-hydrogen) atoms. The molecule has 2 aromatic carbocycles. The summed E-state index contributed by atoms with van der Waals surface area (Å²) in [7, 11) is 0. The van der Waals surface area contributed by atoms with Crippen molar-refractivity contribution in [1.29, 1.82) is 0 Å². The number of amides is 1. The van der Waals surface area contributed by atoms with Gasteiger partial charge in [-0.1, -0.05) is 19.9 Å². The monoisotopic (exact) mass is 621 g/mol. The highest BCUT2D eigenvalue weighted by Crippen LogP contribution is 2.43. The molecule has 0 spiro atoms. The number of aromatic amines is 1. The van der Waals surface area contributed by atoms with Crippen LogP contribution in [0.2, 0.25) is 0 Å². The lowest BCUT2D eigenvalue weighted by Gasteiger charge is -2.41. The number of aromatic nitrogens is 5. The first-order valence-corrected chi connectivity index (χ1v) is 15.8. The van der Waals surface area contributed by atoms with Crippen molar-refractivity contribution >= 4 is 33.7 Å². The fourth-order valence-electron chi connectivity index (χ4n) is 6.73. The minimum Gasteiger partial charge on any atom is -0.490 e. The van der Waals surface area contributed by atoms with Gasteiger partial charge < -0.3 is 19.3 Å². The van der Waals surface area contributed by atoms with Gasteiger partial charge in [-0.15, -0.1) is 0 Å². The zero-order valence-electron chi connectivity index (χ0n) is 27.3. The van der Waals surface area contributed by atoms with Crippen LogP contribution in [0.15, 0.2) is 47.5 Å². The Morgan fingerprint density at radius 3 is 2.67 bits per heavy atom. The number of carbonyl (C=O) groups excluding carboxylic acids is 1. The highest BCUT2D eigenvalue weighted by atomic mass is 16.6. The van der Waals surface area contributed by atoms with Crippen LogP contribution in [0, 0.1) is 13.8 Å². The van der Waals surface area contributed by atoms with E-state index in [2.05, 4.69) is 48.0 Å². The van der Waals surface area contributed by atoms with E-state index < -0.39 is 11.3 Å². The molecule has 2 aliphatic rings. The smallest absolute Gasteiger partial charge is 0.410 e. The maximum absolute atomic E-state index is 14.3. The summed E-state index contributed by atoms with van der Waals surface area (Å²) in [4.78, 5) is 40.7. The second-order valence-electron chi connectivity index (χ2n) is 13.6. The average molecular weight is 622 g/mol. The summed E-state index contributed by atoms with van der Waals surface area (Å²) < 4.78 is 14.0. The molecule has 5 heterocycles. The van der Waals surface area contributed by atoms with Gasteiger partial charge in [0.2, 0.25) is 0 Å². The van der Waals surface area contributed by atoms with E-state index in [1.165, 1.54) is 0 Å². The van der Waals surface area contributed by atoms with Crippen LogP contribution in [-0.4, -0.2) is 73.6 Å². The number of anilines is 1. The highest BCUT2D eigenvalue weighted by Gasteiger charge is 2.37. The molecule has 0 radical (unpaired) electrons. The van der Waals surface area contributed by atoms with E-state index in [0.29, 0.717) is 43.3 Å². The topological polar surface area (TPSA) is 118 Å². The van der Waals surface area contributed by atoms with Gasteiger partial charge in [0.25, 0.3) is 0 Å². The van der Waals surface area contributed by atoms with Crippen molar-refractivity contribution < 1.29 is 14.3 Å². The number of aryl methyl sites for hydroxylation is 2. The molecule has 1 saturated heterocycles. The first kappa shape index (κ1) is 29.8. The summed E-state index contributed by atoms with van der Waals surface area (Å²) in [6.07, 6.45) is 3.26. The average Bonchev–Trinajstić information content (AvgIpc) is 3.41. The van der Waals surface area contributed by atoms with Gasteiger partial charge in [-0.25, -0.2) is 9.59 Å². The minimum absolute atomic E-state index is 0.0679. The quantitative estimate of drug-likeness (QED) is 0.265. The first-order chi connectivity index (χ1) is 21.9. The van der Waals surface area contributed by atoms with Crippen molar-refractivity contribution in [3.8, 4) is 22.6 Å². The molecule has 0 saturated carbocycles. The molecule has 5 aromatic rings. The summed E-state index contributed by atoms with van der Waals surface area (Å²) in [6.45, 7) is 15.4. The van der Waals surface area contributed by atoms with Crippen molar-refractivity contribution in [2.45, 2.75) is 66.0 Å². The Balaban J connectivity index is 1.47. The third-order valence-electron chi connectivity index (χ3n) is 8.82. The van der Waals surface area contributed by atoms with Crippen molar-refractivity contribution in [2.24, 2.45) is 0 Å². The van der Waals surface area contributed by atoms with Gasteiger partial charge >= 0.3 is 11.8 Å². The van der Waals surface area contributed by atoms with Gasteiger partial charge in [0.1, 0.15) is 23.8 Å². The van der Waals surface area contributed by atoms with Crippen LogP contribution in [0.25, 0.3) is 38.6 Å². The van der Waals surface area contributed by atoms with Gasteiger partial charge in [-0.05, 0) is 87.1 Å². The molecule has 0 bridgehead atoms. The van der Waals surface area contributed by atoms with Crippen LogP contribution in [0.5, 0.6) is 5.75 Å². The van der Waals surface area contributed by atoms with E-state index in [1.54, 1.807) is 15.7 Å². The van der Waals surface area contributed by atoms with Gasteiger partial charge in [-0.2, -0.15) is 10.1 Å². The molecular formula is C35H39N7O4. The van der Waals surface area contributed by atoms with Crippen molar-refractivity contribution in [1.82, 2.24) is 29.6 Å². The standard InChI is InChI=1S/C35H39N7O4/c1-19(2)30-31(21(4)10-11-36-30)42-26-14-22(28-20(3)8-9-25-24(28)16-37-39-25)15-27-29(26)32(38-33(42)43)41-13-12-40(17-23(41)18-45-27)34(44)46-35(5,6)7/h8-11,14-16,19,23H,12-13,17-18H2,1-7H3,(H,37,39)/t23-/m0/s1. The lowest BCUT2D eigenvalue weighted by molar-refractivity contribution is 0.0202. The van der Waals surface area contributed by atoms with E-state index in [9.17, 15) is 9.59 Å². The Kier molecular flexibility index (Phi) is 7.02. The number of H-pyrrole nitrogens is 1. The third-order valence-corrected chi connectivity index (χ3v) is 8.82. The predicted molar refractivity (Wildman–Crippen MR) is 178 cm³/mol. The van der Waals surface area contributed by atoms with Crippen LogP contribution in [0.1, 0.15) is 57.4 Å². The van der Waals surface area contributed by atoms with Crippen molar-refractivity contribution in [2.75, 3.05) is 31.1 Å². The Morgan fingerprint density at radius 2 is 1.91 bits per heavy atom. The fraction of sp³-hybridized carbons (Fsp3) is 0.400. The Hall–Kier alpha value is -4.93. The number of nitrogens with zero attached hydrogens (tertiary/aromatic N) is 6. The maximum Gasteiger partial charge on any atom is 0.410 e. The molecule has 11 nitrogen and oxygen atoms in total. The molecule has 7 rings (SSSR count). The highest BCUT2D eigenvalue weighted by molar-refractivity contribution is 6.03. The second-order valence-corrected chi connectivity index (χ2v) is 13.6. The zero-order valence-corrected chi connectivity index (χ0v) is 27.3. The van der Waals surface area contributed by atoms with Crippen LogP contribution in [0.3, 0.4) is 0 Å². The molecule has 0 unspecified atom stereocenters. The molecule has 2 aliphatic heterocycles. The lowest BCUT2D eigenvalue weighted by Crippen LogP contribution is -2.57. The van der Waals surface area contributed by atoms with E-state index >= 15 is 0 Å². The SMILES string of the molecule is Cc1ccnc(C(C)C)c1-n1c(=O)nc2c3c(cc(-c4c(C)ccc5[nH]ncc45)cc31)OC[C@@H]1CN(C(=O)OC(C)(C)C)CCN21. The van der Waals surface area contributed by atoms with Crippen molar-refractivity contribution in [3.05, 3.63) is 70.0 Å². The van der Waals surface area contributed by atoms with Crippen LogP contribution in [-0.2, 0) is 4.74 Å². The number of piperazine rings is 1. The van der Waals surface area contributed by atoms with Gasteiger partial charge in [0.05, 0.1) is 40.0 Å². The summed E-state index contributed by atoms with van der Waals surface area (Å²) in [5.41, 5.74) is 6.08. The van der Waals surface area contributed by atoms with Crippen LogP contribution in [0.4, 0.5) is 10.6 Å². The number of rotatable bonds is 3. The van der Waals surface area contributed by atoms with Gasteiger partial charge in [0, 0.05) is 31.2 Å². The molecular weight excluding hydrogens is 582 g/mol. The van der Waals surface area contributed by atoms with Crippen LogP contribution < -0.4 is 15.3 Å². The Labute approximate surface area is 267 Å². The number of carbonyl (C=O) groups is 1. The van der Waals surface area contributed by atoms with Gasteiger partial charge in [0.15, 0.2) is 0 Å². The van der Waals surface area contributed by atoms with Gasteiger partial charge in [-0.3, -0.25) is 14.6 Å². The molecule has 0 aliphatic carbocycles. The summed E-state index contributed by atoms with van der Waals surface area (Å²) in [5, 5.41) is 9.13. The first-order valence-electron chi connectivity index (χ1n) is 15.8. The zero-order chi connectivity index (χ0) is 32.5. The number of pyridine rings is 1. The Morgan fingerprint density at radius 1 is 1.11 bits per heavy atom. The molecule has 1 N–H and O–H groups in total. The van der Waals surface area contributed by atoms with Crippen LogP contribution >= 0.6 is 0 Å². The number of fused-ring (bicyclic) bond motifs is 3. The molecule has 1 atom stereocenters. The number of hydrogen-bond donors (Lipinski definition) is 1. The lowest BCUT2D eigenvalue weighted by atomic mass is 9.95. The summed E-state index contributed by atoms with van der Waals surface area (Å²) >= 11 is 0. The normalized spacial score (nSPS) is 16.5. The van der Waals surface area contributed by atoms with E-state index in [4.69, 9.17) is 19.4 Å². The minimum atomic E-state index is -0.603. The number of ether oxygens (including phenoxy) is 2. The second kappa shape index (κ2) is 10.9. The fourth-order valence-corrected chi connectivity index (χ4v) is 6.73. The predicted octanol–water partition coefficient (Wildman–Crippen LogP) is 5.88. The largest absolute Gasteiger partial charge is 0.490 e. The van der Waals surface area contributed by atoms with E-state index in [-0.39, 0.29) is 18.1 Å².